The van der Waals surface area contributed by atoms with Crippen LogP contribution in [0.2, 0.25) is 0 Å². The second-order valence-corrected chi connectivity index (χ2v) is 5.16. The largest absolute Gasteiger partial charge is 0.238 e. The first kappa shape index (κ1) is 12.6. The summed E-state index contributed by atoms with van der Waals surface area (Å²) in [7, 11) is 0. The van der Waals surface area contributed by atoms with Gasteiger partial charge in [0.15, 0.2) is 0 Å². The molecule has 0 aliphatic carbocycles. The second-order valence-electron chi connectivity index (χ2n) is 3.79. The highest BCUT2D eigenvalue weighted by Gasteiger charge is 2.04. The van der Waals surface area contributed by atoms with E-state index in [1.807, 2.05) is 25.1 Å². The van der Waals surface area contributed by atoms with E-state index in [0.717, 1.165) is 39.4 Å². The second kappa shape index (κ2) is 5.65. The minimum atomic E-state index is 0.765. The van der Waals surface area contributed by atoms with Crippen molar-refractivity contribution < 1.29 is 0 Å². The number of hydrogen-bond donors (Lipinski definition) is 1. The van der Waals surface area contributed by atoms with E-state index in [0.29, 0.717) is 0 Å². The Labute approximate surface area is 115 Å². The lowest BCUT2D eigenvalue weighted by Crippen LogP contribution is -2.00. The predicted molar refractivity (Wildman–Crippen MR) is 77.5 cm³/mol. The van der Waals surface area contributed by atoms with Crippen molar-refractivity contribution >= 4 is 28.6 Å². The molecule has 2 nitrogen and oxygen atoms in total. The van der Waals surface area contributed by atoms with Gasteiger partial charge in [0.2, 0.25) is 0 Å². The van der Waals surface area contributed by atoms with Gasteiger partial charge >= 0.3 is 0 Å². The molecule has 0 spiro atoms. The van der Waals surface area contributed by atoms with Gasteiger partial charge in [-0.1, -0.05) is 28.1 Å². The molecule has 0 unspecified atom stereocenters. The van der Waals surface area contributed by atoms with Gasteiger partial charge in [-0.15, -0.1) is 0 Å². The maximum atomic E-state index is 4.55. The first-order chi connectivity index (χ1) is 8.19. The van der Waals surface area contributed by atoms with Crippen LogP contribution in [0.5, 0.6) is 0 Å². The van der Waals surface area contributed by atoms with Gasteiger partial charge in [-0.25, -0.2) is 9.97 Å². The molecule has 0 radical (unpaired) electrons. The number of thiol groups is 1. The minimum Gasteiger partial charge on any atom is -0.238 e. The number of rotatable bonds is 3. The molecule has 1 heterocycles. The van der Waals surface area contributed by atoms with Crippen LogP contribution in [0.25, 0.3) is 11.3 Å². The zero-order chi connectivity index (χ0) is 12.3. The number of aryl methyl sites for hydroxylation is 2. The number of hydrogen-bond acceptors (Lipinski definition) is 3. The van der Waals surface area contributed by atoms with Crippen LogP contribution in [0.1, 0.15) is 11.5 Å². The zero-order valence-electron chi connectivity index (χ0n) is 9.52. The Balaban J connectivity index is 2.44. The molecule has 1 aromatic carbocycles. The maximum Gasteiger partial charge on any atom is 0.130 e. The van der Waals surface area contributed by atoms with E-state index in [9.17, 15) is 0 Å². The molecule has 0 N–H and O–H groups in total. The number of benzene rings is 1. The fourth-order valence-electron chi connectivity index (χ4n) is 1.64. The fourth-order valence-corrected chi connectivity index (χ4v) is 2.24. The van der Waals surface area contributed by atoms with Crippen LogP contribution in [-0.2, 0) is 6.42 Å². The predicted octanol–water partition coefficient (Wildman–Crippen LogP) is 3.69. The normalized spacial score (nSPS) is 10.5. The van der Waals surface area contributed by atoms with Gasteiger partial charge in [0, 0.05) is 22.2 Å². The third-order valence-electron chi connectivity index (χ3n) is 2.36. The minimum absolute atomic E-state index is 0.765. The Morgan fingerprint density at radius 3 is 2.76 bits per heavy atom. The lowest BCUT2D eigenvalue weighted by molar-refractivity contribution is 0.930. The summed E-state index contributed by atoms with van der Waals surface area (Å²) in [6.07, 6.45) is 0.797. The van der Waals surface area contributed by atoms with Gasteiger partial charge in [-0.2, -0.15) is 12.6 Å². The Kier molecular flexibility index (Phi) is 4.18. The van der Waals surface area contributed by atoms with Gasteiger partial charge in [0.25, 0.3) is 0 Å². The molecule has 1 aromatic heterocycles. The van der Waals surface area contributed by atoms with Crippen LogP contribution in [0.15, 0.2) is 34.8 Å². The van der Waals surface area contributed by atoms with Crippen molar-refractivity contribution in [2.75, 3.05) is 5.75 Å². The van der Waals surface area contributed by atoms with E-state index < -0.39 is 0 Å². The number of halogens is 1. The lowest BCUT2D eigenvalue weighted by Gasteiger charge is -2.05. The summed E-state index contributed by atoms with van der Waals surface area (Å²) < 4.78 is 1.06. The highest BCUT2D eigenvalue weighted by Crippen LogP contribution is 2.21. The van der Waals surface area contributed by atoms with Crippen LogP contribution in [-0.4, -0.2) is 15.7 Å². The van der Waals surface area contributed by atoms with Crippen LogP contribution < -0.4 is 0 Å². The van der Waals surface area contributed by atoms with E-state index >= 15 is 0 Å². The molecule has 88 valence electrons. The van der Waals surface area contributed by atoms with Crippen LogP contribution in [0.3, 0.4) is 0 Å². The molecule has 0 aliphatic rings. The summed E-state index contributed by atoms with van der Waals surface area (Å²) in [6.45, 7) is 1.99. The van der Waals surface area contributed by atoms with Gasteiger partial charge in [-0.3, -0.25) is 0 Å². The molecule has 17 heavy (non-hydrogen) atoms. The maximum absolute atomic E-state index is 4.55. The Hall–Kier alpha value is -0.870. The van der Waals surface area contributed by atoms with Crippen molar-refractivity contribution in [3.63, 3.8) is 0 Å². The van der Waals surface area contributed by atoms with E-state index in [1.165, 1.54) is 0 Å². The average molecular weight is 309 g/mol. The van der Waals surface area contributed by atoms with Crippen molar-refractivity contribution in [3.05, 3.63) is 46.3 Å². The summed E-state index contributed by atoms with van der Waals surface area (Å²) in [4.78, 5) is 8.95. The molecule has 0 atom stereocenters. The lowest BCUT2D eigenvalue weighted by atomic mass is 10.1. The quantitative estimate of drug-likeness (QED) is 0.875. The summed E-state index contributed by atoms with van der Waals surface area (Å²) in [5.41, 5.74) is 3.06. The van der Waals surface area contributed by atoms with Crippen molar-refractivity contribution in [3.8, 4) is 11.3 Å². The van der Waals surface area contributed by atoms with Gasteiger partial charge < -0.3 is 0 Å². The highest BCUT2D eigenvalue weighted by molar-refractivity contribution is 9.10. The summed E-state index contributed by atoms with van der Waals surface area (Å²) in [5, 5.41) is 0. The number of nitrogens with zero attached hydrogens (tertiary/aromatic N) is 2. The first-order valence-electron chi connectivity index (χ1n) is 5.40. The van der Waals surface area contributed by atoms with Crippen molar-refractivity contribution in [2.45, 2.75) is 13.3 Å². The first-order valence-corrected chi connectivity index (χ1v) is 6.83. The Morgan fingerprint density at radius 2 is 2.06 bits per heavy atom. The van der Waals surface area contributed by atoms with E-state index in [2.05, 4.69) is 50.7 Å². The molecule has 0 amide bonds. The topological polar surface area (TPSA) is 25.8 Å². The van der Waals surface area contributed by atoms with Gasteiger partial charge in [0.05, 0.1) is 5.69 Å². The van der Waals surface area contributed by atoms with Crippen molar-refractivity contribution in [2.24, 2.45) is 0 Å². The zero-order valence-corrected chi connectivity index (χ0v) is 12.0. The SMILES string of the molecule is Cc1cc(-c2cccc(Br)c2)nc(CCS)n1. The Bertz CT molecular complexity index is 529. The monoisotopic (exact) mass is 308 g/mol. The van der Waals surface area contributed by atoms with E-state index in [4.69, 9.17) is 0 Å². The van der Waals surface area contributed by atoms with E-state index in [-0.39, 0.29) is 0 Å². The molecule has 0 fully saturated rings. The molecule has 0 aliphatic heterocycles. The molecular weight excluding hydrogens is 296 g/mol. The standard InChI is InChI=1S/C13H13BrN2S/c1-9-7-12(16-13(15-9)5-6-17)10-3-2-4-11(14)8-10/h2-4,7-8,17H,5-6H2,1H3. The van der Waals surface area contributed by atoms with Crippen LogP contribution in [0.4, 0.5) is 0 Å². The molecule has 4 heteroatoms. The third kappa shape index (κ3) is 3.30. The molecular formula is C13H13BrN2S. The Morgan fingerprint density at radius 1 is 1.24 bits per heavy atom. The van der Waals surface area contributed by atoms with Gasteiger partial charge in [-0.05, 0) is 30.9 Å². The van der Waals surface area contributed by atoms with Crippen molar-refractivity contribution in [1.29, 1.82) is 0 Å². The summed E-state index contributed by atoms with van der Waals surface area (Å²) >= 11 is 7.69. The molecule has 0 saturated heterocycles. The smallest absolute Gasteiger partial charge is 0.130 e. The molecule has 2 aromatic rings. The molecule has 0 bridgehead atoms. The number of aromatic nitrogens is 2. The average Bonchev–Trinajstić information content (AvgIpc) is 2.28. The molecule has 0 saturated carbocycles. The summed E-state index contributed by atoms with van der Waals surface area (Å²) in [6, 6.07) is 10.1. The van der Waals surface area contributed by atoms with Gasteiger partial charge in [0.1, 0.15) is 5.82 Å². The van der Waals surface area contributed by atoms with Crippen LogP contribution in [0, 0.1) is 6.92 Å². The third-order valence-corrected chi connectivity index (χ3v) is 3.07. The molecule has 2 rings (SSSR count). The fraction of sp³-hybridized carbons (Fsp3) is 0.231. The van der Waals surface area contributed by atoms with Crippen LogP contribution >= 0.6 is 28.6 Å². The summed E-state index contributed by atoms with van der Waals surface area (Å²) in [5.74, 6) is 1.62. The van der Waals surface area contributed by atoms with E-state index in [1.54, 1.807) is 0 Å². The highest BCUT2D eigenvalue weighted by atomic mass is 79.9. The van der Waals surface area contributed by atoms with Crippen molar-refractivity contribution in [1.82, 2.24) is 9.97 Å².